The number of hydrogen-bond acceptors (Lipinski definition) is 2. The average Bonchev–Trinajstić information content (AvgIpc) is 2.39. The number of guanidine groups is 1. The highest BCUT2D eigenvalue weighted by atomic mass is 16.1. The standard InChI is InChI=1S/C13H18N4O/c1-14-13(15-2)16-8-9-7-12(18)17-11-6-4-3-5-10(9)11/h3-6,9H,7-8H2,1-2H3,(H,17,18)(H2,14,15,16). The van der Waals surface area contributed by atoms with Gasteiger partial charge in [0.25, 0.3) is 0 Å². The Balaban J connectivity index is 2.12. The maximum absolute atomic E-state index is 11.6. The van der Waals surface area contributed by atoms with E-state index >= 15 is 0 Å². The number of carbonyl (C=O) groups is 1. The minimum Gasteiger partial charge on any atom is -0.359 e. The van der Waals surface area contributed by atoms with Crippen molar-refractivity contribution in [2.45, 2.75) is 12.3 Å². The number of benzene rings is 1. The molecule has 1 aliphatic rings. The van der Waals surface area contributed by atoms with Gasteiger partial charge in [0.1, 0.15) is 0 Å². The van der Waals surface area contributed by atoms with E-state index in [1.807, 2.05) is 25.2 Å². The summed E-state index contributed by atoms with van der Waals surface area (Å²) in [6.45, 7) is 0.692. The van der Waals surface area contributed by atoms with Gasteiger partial charge in [-0.3, -0.25) is 9.79 Å². The van der Waals surface area contributed by atoms with Gasteiger partial charge in [-0.15, -0.1) is 0 Å². The molecule has 3 N–H and O–H groups in total. The SMILES string of the molecule is CN=C(NC)NCC1CC(=O)Nc2ccccc21. The fraction of sp³-hybridized carbons (Fsp3) is 0.385. The van der Waals surface area contributed by atoms with Crippen LogP contribution in [0.5, 0.6) is 0 Å². The number of rotatable bonds is 2. The molecule has 1 heterocycles. The Hall–Kier alpha value is -2.04. The molecule has 1 aliphatic heterocycles. The second-order valence-corrected chi connectivity index (χ2v) is 4.24. The van der Waals surface area contributed by atoms with Crippen LogP contribution in [0.3, 0.4) is 0 Å². The molecule has 1 aromatic carbocycles. The minimum absolute atomic E-state index is 0.0694. The highest BCUT2D eigenvalue weighted by Crippen LogP contribution is 2.31. The first-order chi connectivity index (χ1) is 8.74. The Labute approximate surface area is 107 Å². The summed E-state index contributed by atoms with van der Waals surface area (Å²) in [5, 5.41) is 9.07. The van der Waals surface area contributed by atoms with Crippen molar-refractivity contribution < 1.29 is 4.79 Å². The Kier molecular flexibility index (Phi) is 3.82. The van der Waals surface area contributed by atoms with Gasteiger partial charge in [-0.25, -0.2) is 0 Å². The van der Waals surface area contributed by atoms with E-state index in [9.17, 15) is 4.79 Å². The molecule has 0 fully saturated rings. The van der Waals surface area contributed by atoms with Crippen LogP contribution in [-0.2, 0) is 4.79 Å². The van der Waals surface area contributed by atoms with Crippen molar-refractivity contribution in [3.05, 3.63) is 29.8 Å². The van der Waals surface area contributed by atoms with Crippen molar-refractivity contribution in [2.75, 3.05) is 26.0 Å². The molecule has 1 aromatic rings. The first-order valence-electron chi connectivity index (χ1n) is 6.01. The lowest BCUT2D eigenvalue weighted by molar-refractivity contribution is -0.116. The Morgan fingerprint density at radius 3 is 3.00 bits per heavy atom. The summed E-state index contributed by atoms with van der Waals surface area (Å²) in [5.41, 5.74) is 2.09. The van der Waals surface area contributed by atoms with Crippen LogP contribution < -0.4 is 16.0 Å². The van der Waals surface area contributed by atoms with Gasteiger partial charge in [-0.2, -0.15) is 0 Å². The zero-order valence-electron chi connectivity index (χ0n) is 10.7. The molecule has 0 saturated heterocycles. The molecule has 1 amide bonds. The number of hydrogen-bond donors (Lipinski definition) is 3. The number of nitrogens with one attached hydrogen (secondary N) is 3. The van der Waals surface area contributed by atoms with Gasteiger partial charge in [0.15, 0.2) is 5.96 Å². The molecule has 0 bridgehead atoms. The topological polar surface area (TPSA) is 65.5 Å². The zero-order chi connectivity index (χ0) is 13.0. The van der Waals surface area contributed by atoms with Gasteiger partial charge in [-0.05, 0) is 11.6 Å². The molecular formula is C13H18N4O. The number of carbonyl (C=O) groups excluding carboxylic acids is 1. The normalized spacial score (nSPS) is 18.9. The number of fused-ring (bicyclic) bond motifs is 1. The van der Waals surface area contributed by atoms with Gasteiger partial charge < -0.3 is 16.0 Å². The van der Waals surface area contributed by atoms with E-state index in [2.05, 4.69) is 27.0 Å². The third-order valence-electron chi connectivity index (χ3n) is 3.08. The van der Waals surface area contributed by atoms with E-state index in [0.717, 1.165) is 11.6 Å². The Morgan fingerprint density at radius 2 is 2.28 bits per heavy atom. The molecule has 1 atom stereocenters. The molecule has 0 radical (unpaired) electrons. The summed E-state index contributed by atoms with van der Waals surface area (Å²) in [4.78, 5) is 15.7. The number of aliphatic imine (C=N–C) groups is 1. The summed E-state index contributed by atoms with van der Waals surface area (Å²) in [6, 6.07) is 7.92. The van der Waals surface area contributed by atoms with Crippen LogP contribution in [-0.4, -0.2) is 32.5 Å². The molecule has 0 aliphatic carbocycles. The third kappa shape index (κ3) is 2.61. The summed E-state index contributed by atoms with van der Waals surface area (Å²) in [6.07, 6.45) is 0.505. The molecule has 1 unspecified atom stereocenters. The van der Waals surface area contributed by atoms with Gasteiger partial charge >= 0.3 is 0 Å². The predicted molar refractivity (Wildman–Crippen MR) is 72.9 cm³/mol. The Morgan fingerprint density at radius 1 is 1.50 bits per heavy atom. The van der Waals surface area contributed by atoms with Gasteiger partial charge in [0.2, 0.25) is 5.91 Å². The average molecular weight is 246 g/mol. The number of anilines is 1. The maximum Gasteiger partial charge on any atom is 0.225 e. The van der Waals surface area contributed by atoms with Crippen LogP contribution >= 0.6 is 0 Å². The molecule has 18 heavy (non-hydrogen) atoms. The van der Waals surface area contributed by atoms with Crippen molar-refractivity contribution in [3.63, 3.8) is 0 Å². The zero-order valence-corrected chi connectivity index (χ0v) is 10.7. The summed E-state index contributed by atoms with van der Waals surface area (Å²) in [7, 11) is 3.54. The minimum atomic E-state index is 0.0694. The number of para-hydroxylation sites is 1. The second kappa shape index (κ2) is 5.53. The van der Waals surface area contributed by atoms with Crippen molar-refractivity contribution in [2.24, 2.45) is 4.99 Å². The molecule has 0 aromatic heterocycles. The van der Waals surface area contributed by atoms with E-state index in [1.54, 1.807) is 7.05 Å². The van der Waals surface area contributed by atoms with Gasteiger partial charge in [0.05, 0.1) is 0 Å². The first-order valence-corrected chi connectivity index (χ1v) is 6.01. The third-order valence-corrected chi connectivity index (χ3v) is 3.08. The van der Waals surface area contributed by atoms with Crippen LogP contribution in [0.25, 0.3) is 0 Å². The summed E-state index contributed by atoms with van der Waals surface area (Å²) in [5.74, 6) is 0.985. The first kappa shape index (κ1) is 12.4. The van der Waals surface area contributed by atoms with Crippen LogP contribution in [0.15, 0.2) is 29.3 Å². The molecule has 0 spiro atoms. The van der Waals surface area contributed by atoms with Gasteiger partial charge in [-0.1, -0.05) is 18.2 Å². The lowest BCUT2D eigenvalue weighted by atomic mass is 9.90. The van der Waals surface area contributed by atoms with Crippen molar-refractivity contribution in [1.82, 2.24) is 10.6 Å². The lowest BCUT2D eigenvalue weighted by Crippen LogP contribution is -2.39. The molecule has 5 nitrogen and oxygen atoms in total. The highest BCUT2D eigenvalue weighted by Gasteiger charge is 2.24. The predicted octanol–water partition coefficient (Wildman–Crippen LogP) is 0.907. The van der Waals surface area contributed by atoms with Crippen molar-refractivity contribution in [1.29, 1.82) is 0 Å². The molecule has 96 valence electrons. The fourth-order valence-corrected chi connectivity index (χ4v) is 2.18. The Bertz CT molecular complexity index is 470. The summed E-state index contributed by atoms with van der Waals surface area (Å²) >= 11 is 0. The highest BCUT2D eigenvalue weighted by molar-refractivity contribution is 5.94. The smallest absolute Gasteiger partial charge is 0.225 e. The largest absolute Gasteiger partial charge is 0.359 e. The fourth-order valence-electron chi connectivity index (χ4n) is 2.18. The van der Waals surface area contributed by atoms with Crippen LogP contribution in [0.4, 0.5) is 5.69 Å². The quantitative estimate of drug-likeness (QED) is 0.537. The molecular weight excluding hydrogens is 228 g/mol. The van der Waals surface area contributed by atoms with Crippen LogP contribution in [0.1, 0.15) is 17.9 Å². The number of nitrogens with zero attached hydrogens (tertiary/aromatic N) is 1. The maximum atomic E-state index is 11.6. The van der Waals surface area contributed by atoms with E-state index in [1.165, 1.54) is 5.56 Å². The second-order valence-electron chi connectivity index (χ2n) is 4.24. The van der Waals surface area contributed by atoms with Crippen LogP contribution in [0, 0.1) is 0 Å². The van der Waals surface area contributed by atoms with Gasteiger partial charge in [0, 0.05) is 38.7 Å². The molecule has 0 saturated carbocycles. The monoisotopic (exact) mass is 246 g/mol. The number of amides is 1. The van der Waals surface area contributed by atoms with E-state index in [4.69, 9.17) is 0 Å². The van der Waals surface area contributed by atoms with Crippen LogP contribution in [0.2, 0.25) is 0 Å². The molecule has 5 heteroatoms. The van der Waals surface area contributed by atoms with Crippen molar-refractivity contribution >= 4 is 17.6 Å². The lowest BCUT2D eigenvalue weighted by Gasteiger charge is -2.26. The molecule has 2 rings (SSSR count). The van der Waals surface area contributed by atoms with E-state index < -0.39 is 0 Å². The van der Waals surface area contributed by atoms with E-state index in [-0.39, 0.29) is 11.8 Å². The van der Waals surface area contributed by atoms with Crippen molar-refractivity contribution in [3.8, 4) is 0 Å². The van der Waals surface area contributed by atoms with E-state index in [0.29, 0.717) is 13.0 Å². The summed E-state index contributed by atoms with van der Waals surface area (Å²) < 4.78 is 0.